The lowest BCUT2D eigenvalue weighted by molar-refractivity contribution is -0.0188. The summed E-state index contributed by atoms with van der Waals surface area (Å²) in [7, 11) is -4.19. The standard InChI is InChI=1S/C15H11N3O4S/c16-18-13-9-14(11-3-1-2-4-12(11)15(13)19)23(20,21)22-10-5-7-17-8-6-10/h1-9,15,19H. The van der Waals surface area contributed by atoms with Crippen LogP contribution in [0.1, 0.15) is 17.2 Å². The van der Waals surface area contributed by atoms with Gasteiger partial charge in [-0.2, -0.15) is 13.2 Å². The van der Waals surface area contributed by atoms with Crippen LogP contribution in [0.2, 0.25) is 0 Å². The van der Waals surface area contributed by atoms with Gasteiger partial charge in [0.25, 0.3) is 0 Å². The molecule has 1 N–H and O–H groups in total. The Hall–Kier alpha value is -2.80. The molecule has 0 aliphatic heterocycles. The summed E-state index contributed by atoms with van der Waals surface area (Å²) in [6.45, 7) is 0. The van der Waals surface area contributed by atoms with Crippen molar-refractivity contribution in [2.45, 2.75) is 6.10 Å². The highest BCUT2D eigenvalue weighted by atomic mass is 32.2. The van der Waals surface area contributed by atoms with Crippen LogP contribution in [0.4, 0.5) is 0 Å². The van der Waals surface area contributed by atoms with E-state index in [4.69, 9.17) is 9.71 Å². The third-order valence-corrected chi connectivity index (χ3v) is 4.61. The van der Waals surface area contributed by atoms with E-state index in [1.54, 1.807) is 24.3 Å². The minimum absolute atomic E-state index is 0.104. The zero-order valence-electron chi connectivity index (χ0n) is 11.7. The molecule has 1 aliphatic rings. The van der Waals surface area contributed by atoms with Gasteiger partial charge < -0.3 is 14.8 Å². The van der Waals surface area contributed by atoms with Gasteiger partial charge in [-0.1, -0.05) is 24.3 Å². The number of pyridine rings is 1. The summed E-state index contributed by atoms with van der Waals surface area (Å²) in [5.74, 6) is 0.104. The number of aromatic nitrogens is 1. The number of aliphatic hydroxyl groups excluding tert-OH is 1. The average molecular weight is 329 g/mol. The van der Waals surface area contributed by atoms with Gasteiger partial charge in [-0.3, -0.25) is 4.98 Å². The lowest BCUT2D eigenvalue weighted by Gasteiger charge is -2.19. The first-order valence-corrected chi connectivity index (χ1v) is 7.99. The maximum Gasteiger partial charge on any atom is 0.340 e. The molecule has 0 radical (unpaired) electrons. The topological polar surface area (TPSA) is 113 Å². The van der Waals surface area contributed by atoms with E-state index in [0.717, 1.165) is 6.08 Å². The SMILES string of the molecule is [N-]=[N+]=C1C=C(S(=O)(=O)Oc2ccncc2)c2ccccc2C1O. The third kappa shape index (κ3) is 2.78. The van der Waals surface area contributed by atoms with Crippen molar-refractivity contribution in [3.8, 4) is 5.75 Å². The van der Waals surface area contributed by atoms with Gasteiger partial charge in [-0.25, -0.2) is 0 Å². The van der Waals surface area contributed by atoms with Crippen molar-refractivity contribution in [1.82, 2.24) is 4.98 Å². The quantitative estimate of drug-likeness (QED) is 0.521. The van der Waals surface area contributed by atoms with Crippen molar-refractivity contribution in [1.29, 1.82) is 0 Å². The van der Waals surface area contributed by atoms with Crippen LogP contribution in [0.3, 0.4) is 0 Å². The smallest absolute Gasteiger partial charge is 0.340 e. The number of aliphatic hydroxyl groups is 1. The first-order valence-electron chi connectivity index (χ1n) is 6.58. The number of hydrogen-bond donors (Lipinski definition) is 1. The summed E-state index contributed by atoms with van der Waals surface area (Å²) in [5.41, 5.74) is 9.43. The molecule has 3 rings (SSSR count). The molecular weight excluding hydrogens is 318 g/mol. The Kier molecular flexibility index (Phi) is 3.79. The predicted octanol–water partition coefficient (Wildman–Crippen LogP) is 1.55. The molecule has 0 saturated heterocycles. The zero-order valence-corrected chi connectivity index (χ0v) is 12.5. The molecule has 1 unspecified atom stereocenters. The van der Waals surface area contributed by atoms with Crippen molar-refractivity contribution < 1.29 is 22.5 Å². The second kappa shape index (κ2) is 5.77. The minimum Gasteiger partial charge on any atom is -0.379 e. The van der Waals surface area contributed by atoms with Gasteiger partial charge in [-0.15, -0.1) is 0 Å². The van der Waals surface area contributed by atoms with Gasteiger partial charge in [-0.05, 0) is 0 Å². The number of rotatable bonds is 3. The molecule has 1 heterocycles. The molecule has 8 heteroatoms. The molecule has 116 valence electrons. The first kappa shape index (κ1) is 15.1. The van der Waals surface area contributed by atoms with Crippen LogP contribution in [0.5, 0.6) is 5.75 Å². The summed E-state index contributed by atoms with van der Waals surface area (Å²) in [6.07, 6.45) is 2.68. The molecule has 1 aromatic carbocycles. The first-order chi connectivity index (χ1) is 11.0. The Labute approximate surface area is 132 Å². The average Bonchev–Trinajstić information content (AvgIpc) is 2.56. The molecule has 2 aromatic rings. The van der Waals surface area contributed by atoms with Crippen molar-refractivity contribution in [2.24, 2.45) is 0 Å². The molecule has 0 saturated carbocycles. The van der Waals surface area contributed by atoms with Gasteiger partial charge in [0.1, 0.15) is 10.7 Å². The maximum atomic E-state index is 12.6. The van der Waals surface area contributed by atoms with Crippen molar-refractivity contribution in [3.63, 3.8) is 0 Å². The molecular formula is C15H11N3O4S. The molecule has 1 aliphatic carbocycles. The van der Waals surface area contributed by atoms with Crippen molar-refractivity contribution >= 4 is 20.7 Å². The highest BCUT2D eigenvalue weighted by Gasteiger charge is 2.36. The lowest BCUT2D eigenvalue weighted by atomic mass is 9.93. The van der Waals surface area contributed by atoms with E-state index >= 15 is 0 Å². The summed E-state index contributed by atoms with van der Waals surface area (Å²) in [4.78, 5) is 6.55. The normalized spacial score (nSPS) is 17.0. The van der Waals surface area contributed by atoms with E-state index < -0.39 is 16.2 Å². The van der Waals surface area contributed by atoms with Gasteiger partial charge >= 0.3 is 15.8 Å². The maximum absolute atomic E-state index is 12.6. The van der Waals surface area contributed by atoms with Crippen LogP contribution in [0.25, 0.3) is 10.4 Å². The number of nitrogens with zero attached hydrogens (tertiary/aromatic N) is 3. The van der Waals surface area contributed by atoms with E-state index in [1.807, 2.05) is 0 Å². The Morgan fingerprint density at radius 2 is 1.87 bits per heavy atom. The Morgan fingerprint density at radius 3 is 2.57 bits per heavy atom. The second-order valence-corrected chi connectivity index (χ2v) is 6.26. The molecule has 1 atom stereocenters. The summed E-state index contributed by atoms with van der Waals surface area (Å²) in [6, 6.07) is 9.20. The lowest BCUT2D eigenvalue weighted by Crippen LogP contribution is -2.22. The summed E-state index contributed by atoms with van der Waals surface area (Å²) >= 11 is 0. The Balaban J connectivity index is 2.12. The third-order valence-electron chi connectivity index (χ3n) is 3.32. The molecule has 7 nitrogen and oxygen atoms in total. The zero-order chi connectivity index (χ0) is 16.4. The molecule has 1 aromatic heterocycles. The van der Waals surface area contributed by atoms with Gasteiger partial charge in [0.15, 0.2) is 6.10 Å². The van der Waals surface area contributed by atoms with Crippen LogP contribution in [-0.2, 0) is 10.1 Å². The van der Waals surface area contributed by atoms with E-state index in [2.05, 4.69) is 9.77 Å². The van der Waals surface area contributed by atoms with Gasteiger partial charge in [0.2, 0.25) is 0 Å². The van der Waals surface area contributed by atoms with Crippen LogP contribution in [0, 0.1) is 0 Å². The highest BCUT2D eigenvalue weighted by Crippen LogP contribution is 2.35. The van der Waals surface area contributed by atoms with E-state index in [1.165, 1.54) is 24.5 Å². The van der Waals surface area contributed by atoms with Crippen molar-refractivity contribution in [3.05, 3.63) is 71.5 Å². The van der Waals surface area contributed by atoms with Crippen LogP contribution < -0.4 is 4.18 Å². The highest BCUT2D eigenvalue weighted by molar-refractivity contribution is 7.96. The number of fused-ring (bicyclic) bond motifs is 1. The fraction of sp³-hybridized carbons (Fsp3) is 0.0667. The van der Waals surface area contributed by atoms with Crippen LogP contribution in [0.15, 0.2) is 54.9 Å². The Bertz CT molecular complexity index is 932. The monoisotopic (exact) mass is 329 g/mol. The molecule has 0 bridgehead atoms. The minimum atomic E-state index is -4.19. The fourth-order valence-corrected chi connectivity index (χ4v) is 3.44. The predicted molar refractivity (Wildman–Crippen MR) is 81.8 cm³/mol. The summed E-state index contributed by atoms with van der Waals surface area (Å²) in [5, 5.41) is 10.1. The van der Waals surface area contributed by atoms with E-state index in [9.17, 15) is 13.5 Å². The van der Waals surface area contributed by atoms with E-state index in [-0.39, 0.29) is 16.4 Å². The summed E-state index contributed by atoms with van der Waals surface area (Å²) < 4.78 is 30.2. The number of benzene rings is 1. The van der Waals surface area contributed by atoms with E-state index in [0.29, 0.717) is 11.1 Å². The number of hydrogen-bond acceptors (Lipinski definition) is 5. The van der Waals surface area contributed by atoms with Gasteiger partial charge in [0, 0.05) is 41.7 Å². The molecule has 0 spiro atoms. The largest absolute Gasteiger partial charge is 0.379 e. The van der Waals surface area contributed by atoms with Crippen LogP contribution in [-0.4, -0.2) is 29.0 Å². The fourth-order valence-electron chi connectivity index (χ4n) is 2.27. The second-order valence-electron chi connectivity index (χ2n) is 4.74. The van der Waals surface area contributed by atoms with Crippen LogP contribution >= 0.6 is 0 Å². The molecule has 0 fully saturated rings. The molecule has 0 amide bonds. The molecule has 23 heavy (non-hydrogen) atoms. The van der Waals surface area contributed by atoms with Gasteiger partial charge in [0.05, 0.1) is 0 Å². The Morgan fingerprint density at radius 1 is 1.17 bits per heavy atom. The van der Waals surface area contributed by atoms with Crippen molar-refractivity contribution in [2.75, 3.05) is 0 Å².